The van der Waals surface area contributed by atoms with Crippen LogP contribution >= 0.6 is 0 Å². The first-order valence-corrected chi connectivity index (χ1v) is 9.41. The molecule has 7 heteroatoms. The number of amides is 1. The Kier molecular flexibility index (Phi) is 6.69. The van der Waals surface area contributed by atoms with Crippen LogP contribution in [-0.4, -0.2) is 39.6 Å². The number of rotatable bonds is 8. The topological polar surface area (TPSA) is 95.5 Å². The molecule has 2 aromatic carbocycles. The van der Waals surface area contributed by atoms with Gasteiger partial charge in [-0.1, -0.05) is 30.3 Å². The summed E-state index contributed by atoms with van der Waals surface area (Å²) in [5.74, 6) is -0.393. The van der Waals surface area contributed by atoms with Crippen LogP contribution in [-0.2, 0) is 16.4 Å². The molecule has 134 valence electrons. The first-order valence-electron chi connectivity index (χ1n) is 7.93. The summed E-state index contributed by atoms with van der Waals surface area (Å²) in [5.41, 5.74) is 1.46. The van der Waals surface area contributed by atoms with E-state index in [9.17, 15) is 18.3 Å². The average Bonchev–Trinajstić information content (AvgIpc) is 2.65. The third-order valence-electron chi connectivity index (χ3n) is 3.87. The Morgan fingerprint density at radius 1 is 1.08 bits per heavy atom. The lowest BCUT2D eigenvalue weighted by Gasteiger charge is -2.15. The first kappa shape index (κ1) is 19.1. The van der Waals surface area contributed by atoms with Crippen molar-refractivity contribution in [3.63, 3.8) is 0 Å². The van der Waals surface area contributed by atoms with Crippen LogP contribution in [0.15, 0.2) is 59.5 Å². The van der Waals surface area contributed by atoms with E-state index in [-0.39, 0.29) is 23.3 Å². The minimum Gasteiger partial charge on any atom is -0.396 e. The van der Waals surface area contributed by atoms with Gasteiger partial charge in [0.25, 0.3) is 5.91 Å². The molecule has 0 unspecified atom stereocenters. The fourth-order valence-electron chi connectivity index (χ4n) is 2.39. The van der Waals surface area contributed by atoms with Crippen LogP contribution in [0, 0.1) is 5.92 Å². The van der Waals surface area contributed by atoms with Crippen molar-refractivity contribution < 1.29 is 18.3 Å². The molecule has 0 aliphatic carbocycles. The molecule has 0 saturated heterocycles. The van der Waals surface area contributed by atoms with Gasteiger partial charge in [-0.2, -0.15) is 0 Å². The quantitative estimate of drug-likeness (QED) is 0.657. The van der Waals surface area contributed by atoms with Gasteiger partial charge in [-0.25, -0.2) is 13.1 Å². The summed E-state index contributed by atoms with van der Waals surface area (Å²) in [6, 6.07) is 15.4. The molecule has 0 fully saturated rings. The summed E-state index contributed by atoms with van der Waals surface area (Å²) in [7, 11) is -2.19. The Morgan fingerprint density at radius 3 is 2.28 bits per heavy atom. The van der Waals surface area contributed by atoms with E-state index in [0.29, 0.717) is 18.5 Å². The van der Waals surface area contributed by atoms with Crippen molar-refractivity contribution in [2.24, 2.45) is 5.92 Å². The van der Waals surface area contributed by atoms with Gasteiger partial charge in [0.2, 0.25) is 10.0 Å². The average molecular weight is 362 g/mol. The zero-order chi connectivity index (χ0) is 18.3. The van der Waals surface area contributed by atoms with Crippen LogP contribution in [0.3, 0.4) is 0 Å². The van der Waals surface area contributed by atoms with Crippen molar-refractivity contribution >= 4 is 15.9 Å². The largest absolute Gasteiger partial charge is 0.396 e. The molecule has 0 aromatic heterocycles. The molecule has 0 radical (unpaired) electrons. The minimum absolute atomic E-state index is 0.0332. The standard InChI is InChI=1S/C18H22N2O4S/c1-19-25(23,24)17-9-7-16(8-10-17)18(22)20-12-15(13-21)11-14-5-3-2-4-6-14/h2-10,15,19,21H,11-13H2,1H3,(H,20,22)/t15-/m1/s1. The van der Waals surface area contributed by atoms with E-state index >= 15 is 0 Å². The molecule has 0 spiro atoms. The molecular weight excluding hydrogens is 340 g/mol. The molecule has 0 saturated carbocycles. The van der Waals surface area contributed by atoms with Gasteiger partial charge in [0.05, 0.1) is 4.90 Å². The Bertz CT molecular complexity index is 790. The molecule has 3 N–H and O–H groups in total. The highest BCUT2D eigenvalue weighted by atomic mass is 32.2. The van der Waals surface area contributed by atoms with Crippen molar-refractivity contribution in [2.45, 2.75) is 11.3 Å². The molecule has 0 bridgehead atoms. The Morgan fingerprint density at radius 2 is 1.72 bits per heavy atom. The number of benzene rings is 2. The molecule has 6 nitrogen and oxygen atoms in total. The number of carbonyl (C=O) groups is 1. The highest BCUT2D eigenvalue weighted by Crippen LogP contribution is 2.11. The van der Waals surface area contributed by atoms with E-state index in [1.807, 2.05) is 30.3 Å². The molecule has 1 amide bonds. The van der Waals surface area contributed by atoms with Gasteiger partial charge in [-0.15, -0.1) is 0 Å². The molecular formula is C18H22N2O4S. The van der Waals surface area contributed by atoms with Crippen LogP contribution in [0.1, 0.15) is 15.9 Å². The van der Waals surface area contributed by atoms with Crippen molar-refractivity contribution in [3.05, 3.63) is 65.7 Å². The summed E-state index contributed by atoms with van der Waals surface area (Å²) in [4.78, 5) is 12.3. The van der Waals surface area contributed by atoms with E-state index in [4.69, 9.17) is 0 Å². The summed E-state index contributed by atoms with van der Waals surface area (Å²) in [5, 5.41) is 12.3. The summed E-state index contributed by atoms with van der Waals surface area (Å²) >= 11 is 0. The smallest absolute Gasteiger partial charge is 0.251 e. The fraction of sp³-hybridized carbons (Fsp3) is 0.278. The van der Waals surface area contributed by atoms with E-state index in [1.165, 1.54) is 31.3 Å². The Balaban J connectivity index is 1.94. The van der Waals surface area contributed by atoms with Gasteiger partial charge in [0.15, 0.2) is 0 Å². The third kappa shape index (κ3) is 5.38. The highest BCUT2D eigenvalue weighted by Gasteiger charge is 2.14. The van der Waals surface area contributed by atoms with E-state index < -0.39 is 10.0 Å². The van der Waals surface area contributed by atoms with Crippen molar-refractivity contribution in [2.75, 3.05) is 20.2 Å². The second kappa shape index (κ2) is 8.75. The van der Waals surface area contributed by atoms with Crippen molar-refractivity contribution in [1.29, 1.82) is 0 Å². The van der Waals surface area contributed by atoms with E-state index in [0.717, 1.165) is 5.56 Å². The second-order valence-corrected chi connectivity index (χ2v) is 7.57. The Labute approximate surface area is 147 Å². The lowest BCUT2D eigenvalue weighted by molar-refractivity contribution is 0.0940. The zero-order valence-electron chi connectivity index (χ0n) is 14.0. The first-order chi connectivity index (χ1) is 12.0. The molecule has 2 rings (SSSR count). The number of nitrogens with one attached hydrogen (secondary N) is 2. The second-order valence-electron chi connectivity index (χ2n) is 5.68. The molecule has 0 heterocycles. The number of carbonyl (C=O) groups excluding carboxylic acids is 1. The summed E-state index contributed by atoms with van der Waals surface area (Å²) in [6.45, 7) is 0.301. The van der Waals surface area contributed by atoms with Crippen LogP contribution in [0.4, 0.5) is 0 Å². The number of hydrogen-bond acceptors (Lipinski definition) is 4. The lowest BCUT2D eigenvalue weighted by atomic mass is 10.00. The molecule has 0 aliphatic heterocycles. The van der Waals surface area contributed by atoms with Crippen molar-refractivity contribution in [1.82, 2.24) is 10.0 Å². The van der Waals surface area contributed by atoms with E-state index in [2.05, 4.69) is 10.0 Å². The number of hydrogen-bond donors (Lipinski definition) is 3. The van der Waals surface area contributed by atoms with Crippen LogP contribution in [0.5, 0.6) is 0 Å². The summed E-state index contributed by atoms with van der Waals surface area (Å²) in [6.07, 6.45) is 0.664. The monoisotopic (exact) mass is 362 g/mol. The minimum atomic E-state index is -3.52. The van der Waals surface area contributed by atoms with Gasteiger partial charge in [0.1, 0.15) is 0 Å². The third-order valence-corrected chi connectivity index (χ3v) is 5.30. The van der Waals surface area contributed by atoms with E-state index in [1.54, 1.807) is 0 Å². The Hall–Kier alpha value is -2.22. The zero-order valence-corrected chi connectivity index (χ0v) is 14.8. The summed E-state index contributed by atoms with van der Waals surface area (Å²) < 4.78 is 25.6. The van der Waals surface area contributed by atoms with Gasteiger partial charge in [-0.3, -0.25) is 4.79 Å². The van der Waals surface area contributed by atoms with Crippen molar-refractivity contribution in [3.8, 4) is 0 Å². The highest BCUT2D eigenvalue weighted by molar-refractivity contribution is 7.89. The lowest BCUT2D eigenvalue weighted by Crippen LogP contribution is -2.31. The normalized spacial score (nSPS) is 12.6. The molecule has 25 heavy (non-hydrogen) atoms. The molecule has 2 aromatic rings. The fourth-order valence-corrected chi connectivity index (χ4v) is 3.12. The number of aliphatic hydroxyl groups excluding tert-OH is 1. The maximum absolute atomic E-state index is 12.2. The molecule has 0 aliphatic rings. The van der Waals surface area contributed by atoms with Gasteiger partial charge in [-0.05, 0) is 43.3 Å². The maximum atomic E-state index is 12.2. The number of aliphatic hydroxyl groups is 1. The molecule has 1 atom stereocenters. The van der Waals surface area contributed by atoms with Crippen LogP contribution in [0.2, 0.25) is 0 Å². The SMILES string of the molecule is CNS(=O)(=O)c1ccc(C(=O)NC[C@H](CO)Cc2ccccc2)cc1. The number of sulfonamides is 1. The van der Waals surface area contributed by atoms with Crippen LogP contribution in [0.25, 0.3) is 0 Å². The van der Waals surface area contributed by atoms with Gasteiger partial charge < -0.3 is 10.4 Å². The van der Waals surface area contributed by atoms with Gasteiger partial charge in [0, 0.05) is 24.6 Å². The predicted molar refractivity (Wildman–Crippen MR) is 95.7 cm³/mol. The van der Waals surface area contributed by atoms with Gasteiger partial charge >= 0.3 is 0 Å². The predicted octanol–water partition coefficient (Wildman–Crippen LogP) is 1.18. The van der Waals surface area contributed by atoms with Crippen LogP contribution < -0.4 is 10.0 Å². The maximum Gasteiger partial charge on any atom is 0.251 e.